The van der Waals surface area contributed by atoms with E-state index in [9.17, 15) is 19.7 Å². The largest absolute Gasteiger partial charge is 0.480 e. The lowest BCUT2D eigenvalue weighted by atomic mass is 10.0. The third kappa shape index (κ3) is 3.77. The third-order valence-electron chi connectivity index (χ3n) is 3.00. The monoisotopic (exact) mass is 294 g/mol. The predicted molar refractivity (Wildman–Crippen MR) is 76.3 cm³/mol. The maximum absolute atomic E-state index is 12.6. The fourth-order valence-corrected chi connectivity index (χ4v) is 1.97. The van der Waals surface area contributed by atoms with Crippen LogP contribution in [0.1, 0.15) is 36.7 Å². The van der Waals surface area contributed by atoms with E-state index in [1.807, 2.05) is 0 Å². The van der Waals surface area contributed by atoms with Gasteiger partial charge in [0, 0.05) is 11.1 Å². The van der Waals surface area contributed by atoms with Crippen molar-refractivity contribution in [3.8, 4) is 0 Å². The summed E-state index contributed by atoms with van der Waals surface area (Å²) in [6.07, 6.45) is 0. The molecule has 0 bridgehead atoms. The summed E-state index contributed by atoms with van der Waals surface area (Å²) in [6, 6.07) is 4.42. The molecule has 0 spiro atoms. The van der Waals surface area contributed by atoms with Crippen LogP contribution in [-0.2, 0) is 4.79 Å². The van der Waals surface area contributed by atoms with Crippen molar-refractivity contribution in [1.82, 2.24) is 4.90 Å². The van der Waals surface area contributed by atoms with Crippen LogP contribution in [-0.4, -0.2) is 38.9 Å². The van der Waals surface area contributed by atoms with E-state index in [1.165, 1.54) is 25.1 Å². The van der Waals surface area contributed by atoms with Gasteiger partial charge in [0.05, 0.1) is 4.92 Å². The third-order valence-corrected chi connectivity index (χ3v) is 3.00. The van der Waals surface area contributed by atoms with Gasteiger partial charge in [0.15, 0.2) is 0 Å². The number of carbonyl (C=O) groups excluding carboxylic acids is 1. The van der Waals surface area contributed by atoms with Crippen molar-refractivity contribution in [1.29, 1.82) is 0 Å². The Morgan fingerprint density at radius 2 is 1.90 bits per heavy atom. The van der Waals surface area contributed by atoms with Gasteiger partial charge in [0.2, 0.25) is 0 Å². The summed E-state index contributed by atoms with van der Waals surface area (Å²) in [4.78, 5) is 35.2. The zero-order valence-corrected chi connectivity index (χ0v) is 12.4. The Bertz CT molecular complexity index is 590. The van der Waals surface area contributed by atoms with Crippen molar-refractivity contribution in [2.24, 2.45) is 0 Å². The number of para-hydroxylation sites is 1. The van der Waals surface area contributed by atoms with Gasteiger partial charge >= 0.3 is 5.97 Å². The SMILES string of the molecule is Cc1cccc(C(=O)N(CC(=O)O)C(C)(C)C)c1[N+](=O)[O-]. The number of hydrogen-bond acceptors (Lipinski definition) is 4. The number of hydrogen-bond donors (Lipinski definition) is 1. The molecule has 21 heavy (non-hydrogen) atoms. The molecule has 0 aliphatic heterocycles. The number of aliphatic carboxylic acids is 1. The second-order valence-corrected chi connectivity index (χ2v) is 5.68. The van der Waals surface area contributed by atoms with Crippen LogP contribution in [0.25, 0.3) is 0 Å². The van der Waals surface area contributed by atoms with Crippen molar-refractivity contribution in [2.75, 3.05) is 6.54 Å². The Hall–Kier alpha value is -2.44. The molecule has 0 atom stereocenters. The van der Waals surface area contributed by atoms with E-state index in [-0.39, 0.29) is 11.3 Å². The van der Waals surface area contributed by atoms with Crippen LogP contribution in [0.15, 0.2) is 18.2 Å². The van der Waals surface area contributed by atoms with Crippen molar-refractivity contribution >= 4 is 17.6 Å². The summed E-state index contributed by atoms with van der Waals surface area (Å²) >= 11 is 0. The topological polar surface area (TPSA) is 101 Å². The zero-order chi connectivity index (χ0) is 16.4. The Kier molecular flexibility index (Phi) is 4.67. The molecule has 0 heterocycles. The number of benzene rings is 1. The van der Waals surface area contributed by atoms with Gasteiger partial charge in [-0.25, -0.2) is 0 Å². The Balaban J connectivity index is 3.37. The fraction of sp³-hybridized carbons (Fsp3) is 0.429. The number of aryl methyl sites for hydroxylation is 1. The smallest absolute Gasteiger partial charge is 0.323 e. The van der Waals surface area contributed by atoms with Crippen molar-refractivity contribution in [2.45, 2.75) is 33.2 Å². The number of rotatable bonds is 4. The maximum atomic E-state index is 12.6. The van der Waals surface area contributed by atoms with Crippen LogP contribution >= 0.6 is 0 Å². The van der Waals surface area contributed by atoms with Gasteiger partial charge in [-0.3, -0.25) is 19.7 Å². The number of carbonyl (C=O) groups is 2. The van der Waals surface area contributed by atoms with Gasteiger partial charge in [-0.1, -0.05) is 12.1 Å². The molecule has 0 aromatic heterocycles. The molecule has 1 aromatic rings. The molecule has 1 amide bonds. The number of nitrogens with zero attached hydrogens (tertiary/aromatic N) is 2. The Morgan fingerprint density at radius 1 is 1.33 bits per heavy atom. The summed E-state index contributed by atoms with van der Waals surface area (Å²) in [6.45, 7) is 6.04. The first-order chi connectivity index (χ1) is 9.55. The highest BCUT2D eigenvalue weighted by molar-refractivity contribution is 6.00. The van der Waals surface area contributed by atoms with Crippen LogP contribution in [0, 0.1) is 17.0 Å². The second-order valence-electron chi connectivity index (χ2n) is 5.68. The first kappa shape index (κ1) is 16.6. The summed E-state index contributed by atoms with van der Waals surface area (Å²) < 4.78 is 0. The number of amides is 1. The molecule has 1 rings (SSSR count). The van der Waals surface area contributed by atoms with E-state index in [0.29, 0.717) is 5.56 Å². The van der Waals surface area contributed by atoms with E-state index >= 15 is 0 Å². The first-order valence-corrected chi connectivity index (χ1v) is 6.33. The molecule has 1 aromatic carbocycles. The number of nitro groups is 1. The van der Waals surface area contributed by atoms with E-state index in [4.69, 9.17) is 5.11 Å². The molecule has 0 saturated carbocycles. The molecular weight excluding hydrogens is 276 g/mol. The minimum absolute atomic E-state index is 0.101. The lowest BCUT2D eigenvalue weighted by Gasteiger charge is -2.34. The van der Waals surface area contributed by atoms with Gasteiger partial charge < -0.3 is 10.0 Å². The highest BCUT2D eigenvalue weighted by atomic mass is 16.6. The van der Waals surface area contributed by atoms with Crippen LogP contribution in [0.5, 0.6) is 0 Å². The van der Waals surface area contributed by atoms with E-state index in [1.54, 1.807) is 20.8 Å². The molecule has 1 N–H and O–H groups in total. The quantitative estimate of drug-likeness (QED) is 0.677. The second kappa shape index (κ2) is 5.90. The molecule has 0 saturated heterocycles. The Labute approximate surface area is 122 Å². The van der Waals surface area contributed by atoms with E-state index < -0.39 is 28.9 Å². The van der Waals surface area contributed by atoms with Crippen LogP contribution in [0.3, 0.4) is 0 Å². The molecule has 0 unspecified atom stereocenters. The van der Waals surface area contributed by atoms with Gasteiger partial charge in [-0.15, -0.1) is 0 Å². The molecule has 7 nitrogen and oxygen atoms in total. The van der Waals surface area contributed by atoms with E-state index in [2.05, 4.69) is 0 Å². The highest BCUT2D eigenvalue weighted by Gasteiger charge is 2.33. The number of nitro benzene ring substituents is 1. The molecule has 0 radical (unpaired) electrons. The fourth-order valence-electron chi connectivity index (χ4n) is 1.97. The number of carboxylic acid groups (broad SMARTS) is 1. The lowest BCUT2D eigenvalue weighted by Crippen LogP contribution is -2.48. The van der Waals surface area contributed by atoms with Crippen LogP contribution in [0.2, 0.25) is 0 Å². The molecule has 114 valence electrons. The standard InChI is InChI=1S/C14H18N2O5/c1-9-6-5-7-10(12(9)16(20)21)13(19)15(8-11(17)18)14(2,3)4/h5-7H,8H2,1-4H3,(H,17,18). The minimum atomic E-state index is -1.17. The molecular formula is C14H18N2O5. The van der Waals surface area contributed by atoms with Crippen molar-refractivity contribution < 1.29 is 19.6 Å². The van der Waals surface area contributed by atoms with Gasteiger partial charge in [0.1, 0.15) is 12.1 Å². The average molecular weight is 294 g/mol. The molecule has 0 aliphatic rings. The summed E-state index contributed by atoms with van der Waals surface area (Å²) in [5.74, 6) is -1.84. The van der Waals surface area contributed by atoms with Gasteiger partial charge in [-0.05, 0) is 33.8 Å². The average Bonchev–Trinajstić information content (AvgIpc) is 2.32. The normalized spacial score (nSPS) is 11.0. The Morgan fingerprint density at radius 3 is 2.33 bits per heavy atom. The highest BCUT2D eigenvalue weighted by Crippen LogP contribution is 2.26. The van der Waals surface area contributed by atoms with Gasteiger partial charge in [-0.2, -0.15) is 0 Å². The summed E-state index contributed by atoms with van der Waals surface area (Å²) in [7, 11) is 0. The van der Waals surface area contributed by atoms with Crippen LogP contribution < -0.4 is 0 Å². The number of carboxylic acids is 1. The lowest BCUT2D eigenvalue weighted by molar-refractivity contribution is -0.385. The minimum Gasteiger partial charge on any atom is -0.480 e. The van der Waals surface area contributed by atoms with E-state index in [0.717, 1.165) is 4.90 Å². The summed E-state index contributed by atoms with van der Waals surface area (Å²) in [5.41, 5.74) is -0.805. The van der Waals surface area contributed by atoms with Crippen molar-refractivity contribution in [3.05, 3.63) is 39.4 Å². The molecule has 7 heteroatoms. The molecule has 0 fully saturated rings. The first-order valence-electron chi connectivity index (χ1n) is 6.33. The summed E-state index contributed by atoms with van der Waals surface area (Å²) in [5, 5.41) is 20.1. The maximum Gasteiger partial charge on any atom is 0.323 e. The van der Waals surface area contributed by atoms with Crippen LogP contribution in [0.4, 0.5) is 5.69 Å². The predicted octanol–water partition coefficient (Wildman–Crippen LogP) is 2.23. The zero-order valence-electron chi connectivity index (χ0n) is 12.4. The van der Waals surface area contributed by atoms with Gasteiger partial charge in [0.25, 0.3) is 11.6 Å². The molecule has 0 aliphatic carbocycles. The van der Waals surface area contributed by atoms with Crippen molar-refractivity contribution in [3.63, 3.8) is 0 Å².